The molecule has 0 atom stereocenters. The van der Waals surface area contributed by atoms with Crippen molar-refractivity contribution in [1.82, 2.24) is 0 Å². The molecule has 0 aliphatic carbocycles. The summed E-state index contributed by atoms with van der Waals surface area (Å²) in [7, 11) is 1.00. The Hall–Kier alpha value is 0.695. The first kappa shape index (κ1) is 8.83. The molecule has 0 heterocycles. The molecule has 0 saturated heterocycles. The van der Waals surface area contributed by atoms with Crippen molar-refractivity contribution >= 4 is 0 Å². The summed E-state index contributed by atoms with van der Waals surface area (Å²) in [5.41, 5.74) is 0. The monoisotopic (exact) mass is 250 g/mol. The third-order valence-electron chi connectivity index (χ3n) is 0. The third kappa shape index (κ3) is 16.0. The van der Waals surface area contributed by atoms with Crippen molar-refractivity contribution in [3.05, 3.63) is 0 Å². The van der Waals surface area contributed by atoms with E-state index in [4.69, 9.17) is 7.75 Å². The number of hydrogen-bond acceptors (Lipinski definition) is 2. The Bertz CT molecular complexity index is 6.00. The molecular formula is CH4HgO2. The molecule has 1 N–H and O–H groups in total. The predicted octanol–water partition coefficient (Wildman–Crippen LogP) is -0.513. The Morgan fingerprint density at radius 1 is 1.50 bits per heavy atom. The second-order valence-electron chi connectivity index (χ2n) is 0. The molecule has 0 saturated carbocycles. The minimum atomic E-state index is -0.222. The van der Waals surface area contributed by atoms with Gasteiger partial charge in [-0.1, -0.05) is 0 Å². The van der Waals surface area contributed by atoms with Crippen LogP contribution in [0.5, 0.6) is 0 Å². The molecule has 2 nitrogen and oxygen atoms in total. The number of rotatable bonds is 0. The molecule has 0 aromatic rings. The van der Waals surface area contributed by atoms with E-state index in [1.165, 1.54) is 0 Å². The van der Waals surface area contributed by atoms with Crippen molar-refractivity contribution < 1.29 is 33.9 Å². The van der Waals surface area contributed by atoms with Gasteiger partial charge in [0.05, 0.1) is 0 Å². The Labute approximate surface area is 41.3 Å². The molecule has 0 bridgehead atoms. The van der Waals surface area contributed by atoms with Gasteiger partial charge in [0.15, 0.2) is 0 Å². The average Bonchev–Trinajstić information content (AvgIpc) is 1.50. The normalized spacial score (nSPS) is 3.00. The maximum absolute atomic E-state index is 8.44. The third-order valence-corrected chi connectivity index (χ3v) is 0. The van der Waals surface area contributed by atoms with Gasteiger partial charge in [0.25, 0.3) is 0 Å². The van der Waals surface area contributed by atoms with Gasteiger partial charge in [0.2, 0.25) is 0 Å². The van der Waals surface area contributed by atoms with E-state index < -0.39 is 0 Å². The van der Waals surface area contributed by atoms with Crippen LogP contribution in [0, 0.1) is 0 Å². The zero-order valence-corrected chi connectivity index (χ0v) is 8.06. The Morgan fingerprint density at radius 3 is 1.50 bits per heavy atom. The first-order valence-electron chi connectivity index (χ1n) is 0.736. The fourth-order valence-corrected chi connectivity index (χ4v) is 0. The summed E-state index contributed by atoms with van der Waals surface area (Å²) in [6.07, 6.45) is 0. The second kappa shape index (κ2) is 55.6. The zero-order chi connectivity index (χ0) is 4.00. The topological polar surface area (TPSA) is 37.3 Å². The van der Waals surface area contributed by atoms with Crippen molar-refractivity contribution in [1.29, 1.82) is 0 Å². The summed E-state index contributed by atoms with van der Waals surface area (Å²) in [5.74, 6) is 0. The van der Waals surface area contributed by atoms with Crippen LogP contribution in [-0.4, -0.2) is 12.2 Å². The number of hydrogen-bond donors (Lipinski definition) is 1. The van der Waals surface area contributed by atoms with Crippen LogP contribution in [0.1, 0.15) is 0 Å². The van der Waals surface area contributed by atoms with E-state index in [0.29, 0.717) is 0 Å². The molecule has 0 aromatic carbocycles. The molecule has 0 amide bonds. The second-order valence-corrected chi connectivity index (χ2v) is 0. The fraction of sp³-hybridized carbons (Fsp3) is 1.00. The van der Waals surface area contributed by atoms with E-state index >= 15 is 0 Å². The summed E-state index contributed by atoms with van der Waals surface area (Å²) in [5, 5.41) is 7.00. The summed E-state index contributed by atoms with van der Waals surface area (Å²) in [6, 6.07) is 0. The van der Waals surface area contributed by atoms with Crippen LogP contribution in [0.2, 0.25) is 0 Å². The summed E-state index contributed by atoms with van der Waals surface area (Å²) < 4.78 is 8.44. The molecule has 0 radical (unpaired) electrons. The fourth-order valence-electron chi connectivity index (χ4n) is 0. The molecule has 4 heavy (non-hydrogen) atoms. The average molecular weight is 249 g/mol. The van der Waals surface area contributed by atoms with E-state index in [1.807, 2.05) is 0 Å². The van der Waals surface area contributed by atoms with Crippen LogP contribution in [-0.2, 0) is 28.8 Å². The molecular weight excluding hydrogens is 245 g/mol. The predicted molar refractivity (Wildman–Crippen MR) is 8.83 cm³/mol. The van der Waals surface area contributed by atoms with Gasteiger partial charge in [0, 0.05) is 7.11 Å². The minimum absolute atomic E-state index is 0.222. The number of aliphatic hydroxyl groups is 1. The Kier molecular flexibility index (Phi) is 123. The molecule has 0 rings (SSSR count). The molecule has 0 aliphatic rings. The number of aliphatic hydroxyl groups excluding tert-OH is 1. The van der Waals surface area contributed by atoms with Gasteiger partial charge in [-0.25, -0.2) is 0 Å². The molecule has 22 valence electrons. The Morgan fingerprint density at radius 2 is 1.50 bits per heavy atom. The maximum atomic E-state index is 8.44. The van der Waals surface area contributed by atoms with E-state index in [2.05, 4.69) is 0 Å². The van der Waals surface area contributed by atoms with Crippen LogP contribution >= 0.6 is 0 Å². The SMILES string of the molecule is CO.[O]=[Hg]. The molecule has 0 aromatic heterocycles. The van der Waals surface area contributed by atoms with Gasteiger partial charge < -0.3 is 5.11 Å². The summed E-state index contributed by atoms with van der Waals surface area (Å²) >= 11 is -0.222. The van der Waals surface area contributed by atoms with Gasteiger partial charge in [-0.3, -0.25) is 0 Å². The van der Waals surface area contributed by atoms with Crippen LogP contribution in [0.15, 0.2) is 0 Å². The van der Waals surface area contributed by atoms with Crippen molar-refractivity contribution in [3.63, 3.8) is 0 Å². The van der Waals surface area contributed by atoms with E-state index in [1.54, 1.807) is 0 Å². The van der Waals surface area contributed by atoms with Crippen molar-refractivity contribution in [3.8, 4) is 0 Å². The van der Waals surface area contributed by atoms with Crippen LogP contribution in [0.4, 0.5) is 0 Å². The molecule has 3 heteroatoms. The van der Waals surface area contributed by atoms with E-state index in [0.717, 1.165) is 7.11 Å². The van der Waals surface area contributed by atoms with E-state index in [9.17, 15) is 0 Å². The summed E-state index contributed by atoms with van der Waals surface area (Å²) in [6.45, 7) is 0. The van der Waals surface area contributed by atoms with Gasteiger partial charge in [-0.05, 0) is 0 Å². The molecule has 0 fully saturated rings. The molecule has 0 spiro atoms. The van der Waals surface area contributed by atoms with Crippen molar-refractivity contribution in [2.75, 3.05) is 7.11 Å². The summed E-state index contributed by atoms with van der Waals surface area (Å²) in [4.78, 5) is 0. The van der Waals surface area contributed by atoms with Crippen LogP contribution in [0.25, 0.3) is 0 Å². The Balaban J connectivity index is 0. The van der Waals surface area contributed by atoms with Gasteiger partial charge in [0.1, 0.15) is 0 Å². The standard InChI is InChI=1S/CH4O.Hg.O/c1-2;;/h2H,1H3;;. The first-order chi connectivity index (χ1) is 2.00. The van der Waals surface area contributed by atoms with E-state index in [-0.39, 0.29) is 26.1 Å². The van der Waals surface area contributed by atoms with Gasteiger partial charge in [-0.2, -0.15) is 0 Å². The quantitative estimate of drug-likeness (QED) is 0.586. The first-order valence-corrected chi connectivity index (χ1v) is 2.98. The van der Waals surface area contributed by atoms with Gasteiger partial charge in [-0.15, -0.1) is 0 Å². The van der Waals surface area contributed by atoms with Crippen molar-refractivity contribution in [2.45, 2.75) is 0 Å². The molecule has 0 aliphatic heterocycles. The van der Waals surface area contributed by atoms with Crippen molar-refractivity contribution in [2.24, 2.45) is 0 Å². The molecule has 0 unspecified atom stereocenters. The zero-order valence-electron chi connectivity index (χ0n) is 2.56. The van der Waals surface area contributed by atoms with Crippen LogP contribution < -0.4 is 0 Å². The van der Waals surface area contributed by atoms with Crippen LogP contribution in [0.3, 0.4) is 0 Å². The van der Waals surface area contributed by atoms with Gasteiger partial charge >= 0.3 is 28.8 Å².